The summed E-state index contributed by atoms with van der Waals surface area (Å²) in [6.07, 6.45) is 0. The predicted molar refractivity (Wildman–Crippen MR) is 83.6 cm³/mol. The Kier molecular flexibility index (Phi) is 4.71. The van der Waals surface area contributed by atoms with Crippen LogP contribution in [0.2, 0.25) is 5.02 Å². The Morgan fingerprint density at radius 3 is 2.89 bits per heavy atom. The molecule has 0 aliphatic heterocycles. The van der Waals surface area contributed by atoms with Gasteiger partial charge in [0.05, 0.1) is 24.4 Å². The van der Waals surface area contributed by atoms with Gasteiger partial charge in [-0.15, -0.1) is 0 Å². The molecule has 0 bridgehead atoms. The Morgan fingerprint density at radius 2 is 2.21 bits per heavy atom. The van der Waals surface area contributed by atoms with Crippen molar-refractivity contribution < 1.29 is 9.53 Å². The van der Waals surface area contributed by atoms with E-state index < -0.39 is 0 Å². The number of carbonyl (C=O) groups excluding carboxylic acids is 1. The average Bonchev–Trinajstić information content (AvgIpc) is 2.85. The van der Waals surface area contributed by atoms with Crippen LogP contribution >= 0.6 is 34.2 Å². The molecule has 0 amide bonds. The summed E-state index contributed by atoms with van der Waals surface area (Å²) in [5.74, 6) is -0.376. The fourth-order valence-electron chi connectivity index (χ4n) is 1.60. The molecule has 1 heterocycles. The number of hydrogen-bond acceptors (Lipinski definition) is 3. The minimum absolute atomic E-state index is 0.376. The van der Waals surface area contributed by atoms with Crippen molar-refractivity contribution in [3.8, 4) is 0 Å². The van der Waals surface area contributed by atoms with Gasteiger partial charge in [-0.1, -0.05) is 11.6 Å². The third kappa shape index (κ3) is 3.63. The van der Waals surface area contributed by atoms with Crippen LogP contribution in [0.5, 0.6) is 0 Å². The Labute approximate surface area is 129 Å². The third-order valence-electron chi connectivity index (χ3n) is 2.55. The van der Waals surface area contributed by atoms with Crippen molar-refractivity contribution in [1.82, 2.24) is 4.98 Å². The first-order valence-corrected chi connectivity index (χ1v) is 7.01. The van der Waals surface area contributed by atoms with Crippen molar-refractivity contribution in [3.63, 3.8) is 0 Å². The number of halogens is 2. The summed E-state index contributed by atoms with van der Waals surface area (Å²) in [5.41, 5.74) is 2.18. The molecule has 0 atom stereocenters. The molecule has 0 saturated heterocycles. The second kappa shape index (κ2) is 6.29. The highest BCUT2D eigenvalue weighted by Crippen LogP contribution is 2.24. The number of aromatic amines is 1. The van der Waals surface area contributed by atoms with Crippen LogP contribution in [0.15, 0.2) is 30.3 Å². The molecule has 2 aromatic rings. The Hall–Kier alpha value is -1.21. The fourth-order valence-corrected chi connectivity index (χ4v) is 2.52. The second-order valence-electron chi connectivity index (χ2n) is 3.87. The lowest BCUT2D eigenvalue weighted by Crippen LogP contribution is -2.04. The first-order chi connectivity index (χ1) is 9.10. The first-order valence-electron chi connectivity index (χ1n) is 5.55. The number of methoxy groups -OCH3 is 1. The summed E-state index contributed by atoms with van der Waals surface area (Å²) in [6.45, 7) is 0.553. The van der Waals surface area contributed by atoms with Crippen LogP contribution in [-0.4, -0.2) is 18.1 Å². The van der Waals surface area contributed by atoms with Gasteiger partial charge in [0.1, 0.15) is 5.69 Å². The van der Waals surface area contributed by atoms with Crippen LogP contribution in [0.25, 0.3) is 0 Å². The molecule has 0 saturated carbocycles. The largest absolute Gasteiger partial charge is 0.464 e. The zero-order valence-electron chi connectivity index (χ0n) is 10.2. The van der Waals surface area contributed by atoms with Crippen molar-refractivity contribution in [2.75, 3.05) is 12.4 Å². The molecule has 6 heteroatoms. The number of benzene rings is 1. The minimum Gasteiger partial charge on any atom is -0.464 e. The molecular weight excluding hydrogens is 379 g/mol. The molecule has 0 radical (unpaired) electrons. The van der Waals surface area contributed by atoms with E-state index in [1.54, 1.807) is 6.07 Å². The molecule has 4 nitrogen and oxygen atoms in total. The summed E-state index contributed by atoms with van der Waals surface area (Å²) in [6, 6.07) is 9.31. The van der Waals surface area contributed by atoms with Crippen molar-refractivity contribution in [2.24, 2.45) is 0 Å². The molecule has 0 aliphatic carbocycles. The van der Waals surface area contributed by atoms with Crippen LogP contribution in [-0.2, 0) is 11.3 Å². The molecule has 0 fully saturated rings. The maximum Gasteiger partial charge on any atom is 0.354 e. The summed E-state index contributed by atoms with van der Waals surface area (Å²) >= 11 is 8.33. The van der Waals surface area contributed by atoms with Crippen LogP contribution in [0.3, 0.4) is 0 Å². The molecule has 19 heavy (non-hydrogen) atoms. The van der Waals surface area contributed by atoms with Gasteiger partial charge in [0, 0.05) is 9.26 Å². The van der Waals surface area contributed by atoms with Crippen molar-refractivity contribution in [1.29, 1.82) is 0 Å². The predicted octanol–water partition coefficient (Wildman–Crippen LogP) is 3.67. The Balaban J connectivity index is 2.02. The molecule has 100 valence electrons. The number of hydrogen-bond donors (Lipinski definition) is 2. The number of esters is 1. The van der Waals surface area contributed by atoms with E-state index in [1.807, 2.05) is 24.3 Å². The van der Waals surface area contributed by atoms with Gasteiger partial charge in [-0.2, -0.15) is 0 Å². The highest BCUT2D eigenvalue weighted by molar-refractivity contribution is 14.1. The van der Waals surface area contributed by atoms with Gasteiger partial charge >= 0.3 is 5.97 Å². The van der Waals surface area contributed by atoms with E-state index in [9.17, 15) is 4.79 Å². The van der Waals surface area contributed by atoms with Crippen molar-refractivity contribution >= 4 is 45.8 Å². The number of nitrogens with one attached hydrogen (secondary N) is 2. The lowest BCUT2D eigenvalue weighted by Gasteiger charge is -2.07. The highest BCUT2D eigenvalue weighted by atomic mass is 127. The number of rotatable bonds is 4. The van der Waals surface area contributed by atoms with Gasteiger partial charge in [0.15, 0.2) is 0 Å². The van der Waals surface area contributed by atoms with Crippen LogP contribution in [0.1, 0.15) is 16.2 Å². The highest BCUT2D eigenvalue weighted by Gasteiger charge is 2.08. The second-order valence-corrected chi connectivity index (χ2v) is 5.52. The normalized spacial score (nSPS) is 10.3. The zero-order chi connectivity index (χ0) is 13.8. The molecular formula is C13H12ClIN2O2. The van der Waals surface area contributed by atoms with Gasteiger partial charge in [0.2, 0.25) is 0 Å². The number of ether oxygens (including phenoxy) is 1. The smallest absolute Gasteiger partial charge is 0.354 e. The average molecular weight is 391 g/mol. The fraction of sp³-hybridized carbons (Fsp3) is 0.154. The van der Waals surface area contributed by atoms with Gasteiger partial charge < -0.3 is 15.0 Å². The zero-order valence-corrected chi connectivity index (χ0v) is 13.1. The molecule has 2 rings (SSSR count). The molecule has 2 N–H and O–H groups in total. The third-order valence-corrected chi connectivity index (χ3v) is 3.54. The quantitative estimate of drug-likeness (QED) is 0.619. The molecule has 0 unspecified atom stereocenters. The topological polar surface area (TPSA) is 54.1 Å². The minimum atomic E-state index is -0.376. The number of carbonyl (C=O) groups is 1. The van der Waals surface area contributed by atoms with Gasteiger partial charge in [-0.05, 0) is 52.9 Å². The van der Waals surface area contributed by atoms with E-state index in [1.165, 1.54) is 7.11 Å². The van der Waals surface area contributed by atoms with Gasteiger partial charge in [-0.3, -0.25) is 0 Å². The Bertz CT molecular complexity index is 598. The van der Waals surface area contributed by atoms with E-state index in [2.05, 4.69) is 37.6 Å². The monoisotopic (exact) mass is 390 g/mol. The molecule has 0 spiro atoms. The summed E-state index contributed by atoms with van der Waals surface area (Å²) < 4.78 is 5.72. The number of aromatic nitrogens is 1. The van der Waals surface area contributed by atoms with Crippen LogP contribution < -0.4 is 5.32 Å². The standard InChI is InChI=1S/C13H12ClIN2O2/c1-19-13(18)12-5-3-9(17-12)7-16-11-4-2-8(15)6-10(11)14/h2-6,16-17H,7H2,1H3. The summed E-state index contributed by atoms with van der Waals surface area (Å²) in [5, 5.41) is 3.88. The van der Waals surface area contributed by atoms with E-state index >= 15 is 0 Å². The lowest BCUT2D eigenvalue weighted by atomic mass is 10.3. The summed E-state index contributed by atoms with van der Waals surface area (Å²) in [4.78, 5) is 14.3. The SMILES string of the molecule is COC(=O)c1ccc(CNc2ccc(I)cc2Cl)[nH]1. The number of H-pyrrole nitrogens is 1. The van der Waals surface area contributed by atoms with Crippen molar-refractivity contribution in [3.05, 3.63) is 50.3 Å². The van der Waals surface area contributed by atoms with E-state index in [0.29, 0.717) is 17.3 Å². The summed E-state index contributed by atoms with van der Waals surface area (Å²) in [7, 11) is 1.35. The van der Waals surface area contributed by atoms with Crippen LogP contribution in [0.4, 0.5) is 5.69 Å². The first kappa shape index (κ1) is 14.2. The van der Waals surface area contributed by atoms with Crippen LogP contribution in [0, 0.1) is 3.57 Å². The maximum absolute atomic E-state index is 11.3. The van der Waals surface area contributed by atoms with Gasteiger partial charge in [-0.25, -0.2) is 4.79 Å². The molecule has 0 aliphatic rings. The van der Waals surface area contributed by atoms with E-state index in [0.717, 1.165) is 15.0 Å². The molecule has 1 aromatic carbocycles. The van der Waals surface area contributed by atoms with Crippen molar-refractivity contribution in [2.45, 2.75) is 6.54 Å². The number of anilines is 1. The van der Waals surface area contributed by atoms with E-state index in [-0.39, 0.29) is 5.97 Å². The maximum atomic E-state index is 11.3. The van der Waals surface area contributed by atoms with E-state index in [4.69, 9.17) is 11.6 Å². The molecule has 1 aromatic heterocycles. The lowest BCUT2D eigenvalue weighted by molar-refractivity contribution is 0.0594. The van der Waals surface area contributed by atoms with Gasteiger partial charge in [0.25, 0.3) is 0 Å². The Morgan fingerprint density at radius 1 is 1.42 bits per heavy atom.